The zero-order valence-corrected chi connectivity index (χ0v) is 7.03. The van der Waals surface area contributed by atoms with E-state index < -0.39 is 5.97 Å². The fourth-order valence-electron chi connectivity index (χ4n) is 1.46. The Bertz CT molecular complexity index is 377. The summed E-state index contributed by atoms with van der Waals surface area (Å²) >= 11 is 0. The zero-order valence-electron chi connectivity index (χ0n) is 7.03. The van der Waals surface area contributed by atoms with Gasteiger partial charge in [-0.25, -0.2) is 4.79 Å². The smallest absolute Gasteiger partial charge is 0.331 e. The van der Waals surface area contributed by atoms with E-state index in [4.69, 9.17) is 5.11 Å². The van der Waals surface area contributed by atoms with Crippen molar-refractivity contribution in [3.63, 3.8) is 0 Å². The summed E-state index contributed by atoms with van der Waals surface area (Å²) in [5.74, 6) is -0.828. The molecule has 0 bridgehead atoms. The van der Waals surface area contributed by atoms with E-state index in [9.17, 15) is 4.79 Å². The molecule has 2 nitrogen and oxygen atoms in total. The molecule has 0 fully saturated rings. The number of carbonyl (C=O) groups is 1. The molecule has 0 saturated carbocycles. The molecule has 1 N–H and O–H groups in total. The van der Waals surface area contributed by atoms with Crippen LogP contribution in [0, 0.1) is 6.42 Å². The van der Waals surface area contributed by atoms with Crippen molar-refractivity contribution >= 4 is 5.97 Å². The standard InChI is InChI=1S/C11H9O2/c12-11(13)10-6-5-8-3-1-2-4-9(8)7-10/h1-6H,7H2,(H,12,13). The third-order valence-corrected chi connectivity index (χ3v) is 2.17. The van der Waals surface area contributed by atoms with Gasteiger partial charge in [-0.05, 0) is 11.1 Å². The minimum atomic E-state index is -0.828. The van der Waals surface area contributed by atoms with Gasteiger partial charge in [-0.1, -0.05) is 30.3 Å². The largest absolute Gasteiger partial charge is 0.478 e. The van der Waals surface area contributed by atoms with Crippen LogP contribution in [0.5, 0.6) is 0 Å². The molecule has 1 aliphatic carbocycles. The second kappa shape index (κ2) is 3.05. The van der Waals surface area contributed by atoms with Gasteiger partial charge in [-0.15, -0.1) is 0 Å². The predicted octanol–water partition coefficient (Wildman–Crippen LogP) is 1.81. The van der Waals surface area contributed by atoms with Crippen molar-refractivity contribution in [1.29, 1.82) is 0 Å². The first-order valence-corrected chi connectivity index (χ1v) is 4.12. The number of rotatable bonds is 1. The average molecular weight is 173 g/mol. The maximum Gasteiger partial charge on any atom is 0.331 e. The second-order valence-corrected chi connectivity index (χ2v) is 3.04. The van der Waals surface area contributed by atoms with Crippen LogP contribution in [-0.4, -0.2) is 11.1 Å². The topological polar surface area (TPSA) is 37.3 Å². The van der Waals surface area contributed by atoms with E-state index in [1.165, 1.54) is 0 Å². The molecule has 2 rings (SSSR count). The van der Waals surface area contributed by atoms with Gasteiger partial charge in [-0.3, -0.25) is 0 Å². The summed E-state index contributed by atoms with van der Waals surface area (Å²) in [6, 6.07) is 7.83. The molecule has 65 valence electrons. The van der Waals surface area contributed by atoms with Crippen molar-refractivity contribution in [3.8, 4) is 0 Å². The Morgan fingerprint density at radius 2 is 2.08 bits per heavy atom. The van der Waals surface area contributed by atoms with Crippen LogP contribution in [0.3, 0.4) is 0 Å². The predicted molar refractivity (Wildman–Crippen MR) is 49.3 cm³/mol. The molecule has 0 atom stereocenters. The van der Waals surface area contributed by atoms with Crippen LogP contribution < -0.4 is 0 Å². The highest BCUT2D eigenvalue weighted by Crippen LogP contribution is 2.21. The summed E-state index contributed by atoms with van der Waals surface area (Å²) in [6.45, 7) is 0. The molecule has 1 aromatic carbocycles. The third-order valence-electron chi connectivity index (χ3n) is 2.17. The molecule has 0 heterocycles. The lowest BCUT2D eigenvalue weighted by molar-refractivity contribution is -0.132. The summed E-state index contributed by atoms with van der Waals surface area (Å²) in [4.78, 5) is 10.7. The summed E-state index contributed by atoms with van der Waals surface area (Å²) < 4.78 is 0. The van der Waals surface area contributed by atoms with E-state index in [0.717, 1.165) is 11.1 Å². The minimum absolute atomic E-state index is 0.457. The van der Waals surface area contributed by atoms with E-state index in [1.807, 2.05) is 30.7 Å². The lowest BCUT2D eigenvalue weighted by atomic mass is 9.92. The highest BCUT2D eigenvalue weighted by atomic mass is 16.4. The zero-order chi connectivity index (χ0) is 9.26. The van der Waals surface area contributed by atoms with Crippen molar-refractivity contribution in [2.24, 2.45) is 0 Å². The fourth-order valence-corrected chi connectivity index (χ4v) is 1.46. The maximum atomic E-state index is 10.7. The molecule has 0 aliphatic heterocycles. The van der Waals surface area contributed by atoms with Crippen LogP contribution in [-0.2, 0) is 11.2 Å². The van der Waals surface area contributed by atoms with Crippen LogP contribution in [0.25, 0.3) is 0 Å². The number of allylic oxidation sites excluding steroid dienone is 1. The summed E-state index contributed by atoms with van der Waals surface area (Å²) in [5, 5.41) is 8.78. The molecule has 0 spiro atoms. The Labute approximate surface area is 76.5 Å². The molecule has 0 amide bonds. The van der Waals surface area contributed by atoms with Crippen LogP contribution in [0.4, 0.5) is 0 Å². The average Bonchev–Trinajstić information content (AvgIpc) is 2.17. The quantitative estimate of drug-likeness (QED) is 0.703. The lowest BCUT2D eigenvalue weighted by Crippen LogP contribution is -2.09. The third kappa shape index (κ3) is 1.47. The van der Waals surface area contributed by atoms with Crippen molar-refractivity contribution in [1.82, 2.24) is 0 Å². The molecule has 1 aromatic rings. The van der Waals surface area contributed by atoms with Crippen LogP contribution in [0.2, 0.25) is 0 Å². The van der Waals surface area contributed by atoms with Gasteiger partial charge in [0.15, 0.2) is 0 Å². The summed E-state index contributed by atoms with van der Waals surface area (Å²) in [5.41, 5.74) is 2.66. The molecule has 0 unspecified atom stereocenters. The van der Waals surface area contributed by atoms with Crippen molar-refractivity contribution in [2.75, 3.05) is 0 Å². The number of hydrogen-bond donors (Lipinski definition) is 1. The van der Waals surface area contributed by atoms with E-state index >= 15 is 0 Å². The molecule has 1 aliphatic rings. The van der Waals surface area contributed by atoms with Gasteiger partial charge in [0.2, 0.25) is 0 Å². The molecule has 1 radical (unpaired) electrons. The number of hydrogen-bond acceptors (Lipinski definition) is 1. The first kappa shape index (κ1) is 8.05. The Morgan fingerprint density at radius 1 is 1.31 bits per heavy atom. The molecule has 2 heteroatoms. The minimum Gasteiger partial charge on any atom is -0.478 e. The normalized spacial score (nSPS) is 14.6. The number of aliphatic carboxylic acids is 1. The van der Waals surface area contributed by atoms with Gasteiger partial charge in [0, 0.05) is 18.4 Å². The first-order chi connectivity index (χ1) is 6.27. The van der Waals surface area contributed by atoms with E-state index in [2.05, 4.69) is 0 Å². The molecule has 0 saturated heterocycles. The van der Waals surface area contributed by atoms with Gasteiger partial charge in [-0.2, -0.15) is 0 Å². The molecule has 13 heavy (non-hydrogen) atoms. The van der Waals surface area contributed by atoms with E-state index in [-0.39, 0.29) is 0 Å². The molecule has 0 aromatic heterocycles. The van der Waals surface area contributed by atoms with Crippen molar-refractivity contribution < 1.29 is 9.90 Å². The highest BCUT2D eigenvalue weighted by Gasteiger charge is 2.14. The Hall–Kier alpha value is -1.57. The second-order valence-electron chi connectivity index (χ2n) is 3.04. The summed E-state index contributed by atoms with van der Waals surface area (Å²) in [7, 11) is 0. The van der Waals surface area contributed by atoms with Crippen molar-refractivity contribution in [3.05, 3.63) is 53.5 Å². The monoisotopic (exact) mass is 173 g/mol. The van der Waals surface area contributed by atoms with E-state index in [0.29, 0.717) is 12.0 Å². The Morgan fingerprint density at radius 3 is 2.85 bits per heavy atom. The summed E-state index contributed by atoms with van der Waals surface area (Å²) in [6.07, 6.45) is 4.05. The first-order valence-electron chi connectivity index (χ1n) is 4.12. The number of carboxylic acid groups (broad SMARTS) is 1. The Kier molecular flexibility index (Phi) is 1.89. The molecular weight excluding hydrogens is 164 g/mol. The highest BCUT2D eigenvalue weighted by molar-refractivity contribution is 5.88. The lowest BCUT2D eigenvalue weighted by Gasteiger charge is -2.13. The van der Waals surface area contributed by atoms with Crippen molar-refractivity contribution in [2.45, 2.75) is 6.42 Å². The number of benzene rings is 1. The Balaban J connectivity index is 2.33. The van der Waals surface area contributed by atoms with Crippen LogP contribution in [0.1, 0.15) is 11.1 Å². The van der Waals surface area contributed by atoms with E-state index in [1.54, 1.807) is 6.08 Å². The maximum absolute atomic E-state index is 10.7. The SMILES string of the molecule is O=C(O)C1=C[CH]c2ccccc2C1. The number of carboxylic acids is 1. The van der Waals surface area contributed by atoms with Gasteiger partial charge in [0.05, 0.1) is 0 Å². The van der Waals surface area contributed by atoms with Gasteiger partial charge >= 0.3 is 5.97 Å². The van der Waals surface area contributed by atoms with Gasteiger partial charge in [0.1, 0.15) is 0 Å². The van der Waals surface area contributed by atoms with Gasteiger partial charge in [0.25, 0.3) is 0 Å². The number of fused-ring (bicyclic) bond motifs is 1. The fraction of sp³-hybridized carbons (Fsp3) is 0.0909. The van der Waals surface area contributed by atoms with Crippen LogP contribution in [0.15, 0.2) is 35.9 Å². The molecular formula is C11H9O2. The van der Waals surface area contributed by atoms with Crippen LogP contribution >= 0.6 is 0 Å². The van der Waals surface area contributed by atoms with Gasteiger partial charge < -0.3 is 5.11 Å².